The fourth-order valence-electron chi connectivity index (χ4n) is 2.73. The molecule has 1 saturated heterocycles. The van der Waals surface area contributed by atoms with E-state index >= 15 is 0 Å². The summed E-state index contributed by atoms with van der Waals surface area (Å²) >= 11 is 0. The molecule has 1 fully saturated rings. The lowest BCUT2D eigenvalue weighted by Crippen LogP contribution is -2.34. The molecule has 8 heteroatoms. The Morgan fingerprint density at radius 1 is 1.12 bits per heavy atom. The number of methoxy groups -OCH3 is 1. The van der Waals surface area contributed by atoms with E-state index in [4.69, 9.17) is 4.74 Å². The third-order valence-electron chi connectivity index (χ3n) is 4.01. The molecule has 0 bridgehead atoms. The summed E-state index contributed by atoms with van der Waals surface area (Å²) in [6.45, 7) is 0. The highest BCUT2D eigenvalue weighted by Crippen LogP contribution is 2.32. The molecule has 5 nitrogen and oxygen atoms in total. The van der Waals surface area contributed by atoms with Crippen LogP contribution in [-0.2, 0) is 15.8 Å². The highest BCUT2D eigenvalue weighted by molar-refractivity contribution is 6.23. The van der Waals surface area contributed by atoms with Crippen LogP contribution in [0.5, 0.6) is 5.75 Å². The molecule has 1 aliphatic heterocycles. The van der Waals surface area contributed by atoms with E-state index in [0.717, 1.165) is 17.0 Å². The number of halogens is 3. The van der Waals surface area contributed by atoms with Crippen LogP contribution in [-0.4, -0.2) is 25.0 Å². The van der Waals surface area contributed by atoms with Gasteiger partial charge in [-0.2, -0.15) is 13.2 Å². The van der Waals surface area contributed by atoms with Gasteiger partial charge in [0, 0.05) is 5.69 Å². The average Bonchev–Trinajstić information content (AvgIpc) is 2.88. The van der Waals surface area contributed by atoms with Crippen LogP contribution in [0.25, 0.3) is 0 Å². The average molecular weight is 364 g/mol. The van der Waals surface area contributed by atoms with E-state index < -0.39 is 29.6 Å². The molecule has 0 aromatic heterocycles. The number of imide groups is 1. The number of hydrogen-bond donors (Lipinski definition) is 1. The molecule has 0 saturated carbocycles. The Labute approximate surface area is 147 Å². The van der Waals surface area contributed by atoms with Crippen LogP contribution in [0.2, 0.25) is 0 Å². The summed E-state index contributed by atoms with van der Waals surface area (Å²) in [6, 6.07) is 9.96. The van der Waals surface area contributed by atoms with Gasteiger partial charge in [-0.05, 0) is 42.5 Å². The highest BCUT2D eigenvalue weighted by atomic mass is 19.4. The smallest absolute Gasteiger partial charge is 0.416 e. The minimum absolute atomic E-state index is 0.127. The monoisotopic (exact) mass is 364 g/mol. The maximum atomic E-state index is 12.8. The summed E-state index contributed by atoms with van der Waals surface area (Å²) in [5, 5.41) is 2.72. The zero-order chi connectivity index (χ0) is 18.9. The van der Waals surface area contributed by atoms with Gasteiger partial charge in [-0.1, -0.05) is 6.07 Å². The van der Waals surface area contributed by atoms with Gasteiger partial charge in [-0.25, -0.2) is 4.90 Å². The summed E-state index contributed by atoms with van der Waals surface area (Å²) in [7, 11) is 1.50. The van der Waals surface area contributed by atoms with Crippen LogP contribution < -0.4 is 15.0 Å². The minimum Gasteiger partial charge on any atom is -0.497 e. The first kappa shape index (κ1) is 17.8. The van der Waals surface area contributed by atoms with E-state index in [9.17, 15) is 22.8 Å². The van der Waals surface area contributed by atoms with Crippen molar-refractivity contribution in [3.63, 3.8) is 0 Å². The number of anilines is 2. The summed E-state index contributed by atoms with van der Waals surface area (Å²) in [5.41, 5.74) is -0.317. The molecule has 26 heavy (non-hydrogen) atoms. The van der Waals surface area contributed by atoms with Gasteiger partial charge in [0.25, 0.3) is 5.91 Å². The van der Waals surface area contributed by atoms with Crippen molar-refractivity contribution in [2.45, 2.75) is 18.6 Å². The van der Waals surface area contributed by atoms with Crippen LogP contribution in [0.1, 0.15) is 12.0 Å². The fourth-order valence-corrected chi connectivity index (χ4v) is 2.73. The first-order valence-corrected chi connectivity index (χ1v) is 7.74. The van der Waals surface area contributed by atoms with Gasteiger partial charge in [-0.15, -0.1) is 0 Å². The number of ether oxygens (including phenoxy) is 1. The molecule has 1 atom stereocenters. The molecular weight excluding hydrogens is 349 g/mol. The molecular formula is C18H15F3N2O3. The van der Waals surface area contributed by atoms with Crippen LogP contribution in [0.3, 0.4) is 0 Å². The lowest BCUT2D eigenvalue weighted by atomic mass is 10.1. The molecule has 2 aromatic carbocycles. The lowest BCUT2D eigenvalue weighted by Gasteiger charge is -2.17. The van der Waals surface area contributed by atoms with E-state index in [0.29, 0.717) is 11.4 Å². The van der Waals surface area contributed by atoms with Crippen molar-refractivity contribution in [2.24, 2.45) is 0 Å². The molecule has 0 radical (unpaired) electrons. The Kier molecular flexibility index (Phi) is 4.58. The van der Waals surface area contributed by atoms with Crippen LogP contribution in [0.4, 0.5) is 24.5 Å². The number of nitrogens with zero attached hydrogens (tertiary/aromatic N) is 1. The molecule has 0 spiro atoms. The fraction of sp³-hybridized carbons (Fsp3) is 0.222. The zero-order valence-electron chi connectivity index (χ0n) is 13.7. The Morgan fingerprint density at radius 3 is 2.42 bits per heavy atom. The zero-order valence-corrected chi connectivity index (χ0v) is 13.7. The number of carbonyl (C=O) groups excluding carboxylic acids is 2. The molecule has 136 valence electrons. The van der Waals surface area contributed by atoms with E-state index in [1.54, 1.807) is 24.3 Å². The number of nitrogens with one attached hydrogen (secondary N) is 1. The van der Waals surface area contributed by atoms with Gasteiger partial charge in [0.05, 0.1) is 24.8 Å². The second-order valence-corrected chi connectivity index (χ2v) is 5.75. The molecule has 3 rings (SSSR count). The van der Waals surface area contributed by atoms with Crippen molar-refractivity contribution in [1.29, 1.82) is 0 Å². The largest absolute Gasteiger partial charge is 0.497 e. The predicted octanol–water partition coefficient (Wildman–Crippen LogP) is 3.46. The summed E-state index contributed by atoms with van der Waals surface area (Å²) in [5.74, 6) is -0.367. The lowest BCUT2D eigenvalue weighted by molar-refractivity contribution is -0.137. The maximum absolute atomic E-state index is 12.8. The van der Waals surface area contributed by atoms with E-state index in [2.05, 4.69) is 5.32 Å². The van der Waals surface area contributed by atoms with Crippen LogP contribution >= 0.6 is 0 Å². The molecule has 1 heterocycles. The van der Waals surface area contributed by atoms with Crippen molar-refractivity contribution in [3.8, 4) is 5.75 Å². The van der Waals surface area contributed by atoms with E-state index in [1.165, 1.54) is 19.2 Å². The van der Waals surface area contributed by atoms with Crippen molar-refractivity contribution >= 4 is 23.2 Å². The topological polar surface area (TPSA) is 58.6 Å². The normalized spacial score (nSPS) is 17.5. The number of alkyl halides is 3. The SMILES string of the molecule is COc1ccc(N2C(=O)C[C@@H](Nc3cccc(C(F)(F)F)c3)C2=O)cc1. The molecule has 0 aliphatic carbocycles. The summed E-state index contributed by atoms with van der Waals surface area (Å²) < 4.78 is 43.4. The first-order valence-electron chi connectivity index (χ1n) is 7.74. The van der Waals surface area contributed by atoms with Gasteiger partial charge in [0.15, 0.2) is 0 Å². The number of hydrogen-bond acceptors (Lipinski definition) is 4. The standard InChI is InChI=1S/C18H15F3N2O3/c1-26-14-7-5-13(6-8-14)23-16(24)10-15(17(23)25)22-12-4-2-3-11(9-12)18(19,20)21/h2-9,15,22H,10H2,1H3/t15-/m1/s1. The minimum atomic E-state index is -4.48. The molecule has 2 aromatic rings. The van der Waals surface area contributed by atoms with Gasteiger partial charge < -0.3 is 10.1 Å². The molecule has 1 aliphatic rings. The predicted molar refractivity (Wildman–Crippen MR) is 89.0 cm³/mol. The van der Waals surface area contributed by atoms with Crippen molar-refractivity contribution < 1.29 is 27.5 Å². The Bertz CT molecular complexity index is 834. The number of carbonyl (C=O) groups is 2. The second-order valence-electron chi connectivity index (χ2n) is 5.75. The molecule has 0 unspecified atom stereocenters. The number of benzene rings is 2. The summed E-state index contributed by atoms with van der Waals surface area (Å²) in [4.78, 5) is 25.8. The van der Waals surface area contributed by atoms with Gasteiger partial charge in [-0.3, -0.25) is 9.59 Å². The summed E-state index contributed by atoms with van der Waals surface area (Å²) in [6.07, 6.45) is -4.62. The van der Waals surface area contributed by atoms with Crippen LogP contribution in [0, 0.1) is 0 Å². The highest BCUT2D eigenvalue weighted by Gasteiger charge is 2.40. The Morgan fingerprint density at radius 2 is 1.81 bits per heavy atom. The van der Waals surface area contributed by atoms with Gasteiger partial charge >= 0.3 is 6.18 Å². The second kappa shape index (κ2) is 6.70. The molecule has 2 amide bonds. The van der Waals surface area contributed by atoms with Crippen LogP contribution in [0.15, 0.2) is 48.5 Å². The maximum Gasteiger partial charge on any atom is 0.416 e. The first-order chi connectivity index (χ1) is 12.3. The van der Waals surface area contributed by atoms with Gasteiger partial charge in [0.1, 0.15) is 11.8 Å². The van der Waals surface area contributed by atoms with E-state index in [-0.39, 0.29) is 12.1 Å². The van der Waals surface area contributed by atoms with Crippen molar-refractivity contribution in [3.05, 3.63) is 54.1 Å². The Hall–Kier alpha value is -3.03. The third-order valence-corrected chi connectivity index (χ3v) is 4.01. The van der Waals surface area contributed by atoms with Crippen molar-refractivity contribution in [1.82, 2.24) is 0 Å². The number of rotatable bonds is 4. The molecule has 1 N–H and O–H groups in total. The van der Waals surface area contributed by atoms with Crippen molar-refractivity contribution in [2.75, 3.05) is 17.3 Å². The van der Waals surface area contributed by atoms with Gasteiger partial charge in [0.2, 0.25) is 5.91 Å². The quantitative estimate of drug-likeness (QED) is 0.845. The number of amides is 2. The third kappa shape index (κ3) is 3.49. The van der Waals surface area contributed by atoms with E-state index in [1.807, 2.05) is 0 Å². The Balaban J connectivity index is 1.78.